The Morgan fingerprint density at radius 1 is 1.29 bits per heavy atom. The summed E-state index contributed by atoms with van der Waals surface area (Å²) in [5.74, 6) is 0.829. The van der Waals surface area contributed by atoms with Crippen LogP contribution in [0.2, 0.25) is 0 Å². The standard InChI is InChI=1S/C13H13BrO3/c14-8-3-4-9-10(15)7-13(17-12(9)6-8)11-2-1-5-16-11/h3-4,6,11,13H,1-2,5,7H2. The summed E-state index contributed by atoms with van der Waals surface area (Å²) in [6.07, 6.45) is 2.43. The molecule has 0 aliphatic carbocycles. The van der Waals surface area contributed by atoms with Crippen molar-refractivity contribution in [2.75, 3.05) is 6.61 Å². The zero-order valence-corrected chi connectivity index (χ0v) is 10.9. The Kier molecular flexibility index (Phi) is 2.92. The van der Waals surface area contributed by atoms with Crippen molar-refractivity contribution in [2.24, 2.45) is 0 Å². The van der Waals surface area contributed by atoms with Crippen LogP contribution in [0.1, 0.15) is 29.6 Å². The molecule has 1 saturated heterocycles. The van der Waals surface area contributed by atoms with Crippen LogP contribution in [-0.2, 0) is 4.74 Å². The van der Waals surface area contributed by atoms with Crippen LogP contribution in [0.25, 0.3) is 0 Å². The van der Waals surface area contributed by atoms with Gasteiger partial charge in [-0.15, -0.1) is 0 Å². The number of Topliss-reactive ketones (excluding diaryl/α,β-unsaturated/α-hetero) is 1. The van der Waals surface area contributed by atoms with Crippen LogP contribution in [0.5, 0.6) is 5.75 Å². The molecule has 4 heteroatoms. The zero-order chi connectivity index (χ0) is 11.8. The van der Waals surface area contributed by atoms with E-state index in [0.29, 0.717) is 17.7 Å². The van der Waals surface area contributed by atoms with E-state index < -0.39 is 0 Å². The van der Waals surface area contributed by atoms with Crippen LogP contribution >= 0.6 is 15.9 Å². The van der Waals surface area contributed by atoms with Crippen LogP contribution in [0.3, 0.4) is 0 Å². The Morgan fingerprint density at radius 2 is 2.18 bits per heavy atom. The van der Waals surface area contributed by atoms with E-state index in [2.05, 4.69) is 15.9 Å². The van der Waals surface area contributed by atoms with E-state index in [0.717, 1.165) is 23.9 Å². The molecular formula is C13H13BrO3. The number of fused-ring (bicyclic) bond motifs is 1. The van der Waals surface area contributed by atoms with Gasteiger partial charge in [0.1, 0.15) is 11.9 Å². The maximum atomic E-state index is 12.0. The molecule has 90 valence electrons. The summed E-state index contributed by atoms with van der Waals surface area (Å²) in [6, 6.07) is 5.54. The second-order valence-corrected chi connectivity index (χ2v) is 5.39. The largest absolute Gasteiger partial charge is 0.486 e. The van der Waals surface area contributed by atoms with Gasteiger partial charge in [-0.2, -0.15) is 0 Å². The Morgan fingerprint density at radius 3 is 2.94 bits per heavy atom. The number of carbonyl (C=O) groups is 1. The molecule has 2 aliphatic heterocycles. The Bertz CT molecular complexity index is 452. The van der Waals surface area contributed by atoms with Crippen molar-refractivity contribution in [3.8, 4) is 5.75 Å². The predicted octanol–water partition coefficient (Wildman–Crippen LogP) is 2.96. The summed E-state index contributed by atoms with van der Waals surface area (Å²) in [7, 11) is 0. The summed E-state index contributed by atoms with van der Waals surface area (Å²) >= 11 is 3.39. The van der Waals surface area contributed by atoms with Gasteiger partial charge >= 0.3 is 0 Å². The smallest absolute Gasteiger partial charge is 0.170 e. The molecule has 3 rings (SSSR count). The maximum absolute atomic E-state index is 12.0. The molecule has 0 saturated carbocycles. The monoisotopic (exact) mass is 296 g/mol. The van der Waals surface area contributed by atoms with Gasteiger partial charge in [0.25, 0.3) is 0 Å². The first-order valence-electron chi connectivity index (χ1n) is 5.85. The van der Waals surface area contributed by atoms with E-state index in [1.807, 2.05) is 18.2 Å². The van der Waals surface area contributed by atoms with Crippen LogP contribution in [0, 0.1) is 0 Å². The SMILES string of the molecule is O=C1CC(C2CCCO2)Oc2cc(Br)ccc21. The van der Waals surface area contributed by atoms with E-state index in [1.165, 1.54) is 0 Å². The molecule has 17 heavy (non-hydrogen) atoms. The Labute approximate surface area is 108 Å². The third-order valence-electron chi connectivity index (χ3n) is 3.29. The average molecular weight is 297 g/mol. The van der Waals surface area contributed by atoms with Gasteiger partial charge in [0, 0.05) is 11.1 Å². The molecule has 0 N–H and O–H groups in total. The third kappa shape index (κ3) is 2.11. The van der Waals surface area contributed by atoms with Crippen molar-refractivity contribution in [3.63, 3.8) is 0 Å². The predicted molar refractivity (Wildman–Crippen MR) is 66.5 cm³/mol. The molecule has 1 fully saturated rings. The second-order valence-electron chi connectivity index (χ2n) is 4.48. The van der Waals surface area contributed by atoms with Gasteiger partial charge in [0.05, 0.1) is 18.1 Å². The fraction of sp³-hybridized carbons (Fsp3) is 0.462. The van der Waals surface area contributed by atoms with Gasteiger partial charge in [-0.3, -0.25) is 4.79 Å². The number of hydrogen-bond acceptors (Lipinski definition) is 3. The molecular weight excluding hydrogens is 284 g/mol. The third-order valence-corrected chi connectivity index (χ3v) is 3.78. The molecule has 1 aromatic rings. The molecule has 2 heterocycles. The lowest BCUT2D eigenvalue weighted by molar-refractivity contribution is 0.00488. The highest BCUT2D eigenvalue weighted by molar-refractivity contribution is 9.10. The van der Waals surface area contributed by atoms with Crippen LogP contribution in [0.4, 0.5) is 0 Å². The van der Waals surface area contributed by atoms with E-state index in [1.54, 1.807) is 0 Å². The first kappa shape index (κ1) is 11.2. The molecule has 0 radical (unpaired) electrons. The van der Waals surface area contributed by atoms with Gasteiger partial charge in [0.2, 0.25) is 0 Å². The fourth-order valence-electron chi connectivity index (χ4n) is 2.42. The molecule has 0 amide bonds. The fourth-order valence-corrected chi connectivity index (χ4v) is 2.76. The van der Waals surface area contributed by atoms with Gasteiger partial charge in [-0.05, 0) is 31.0 Å². The molecule has 2 unspecified atom stereocenters. The lowest BCUT2D eigenvalue weighted by atomic mass is 9.97. The van der Waals surface area contributed by atoms with Crippen LogP contribution in [-0.4, -0.2) is 24.6 Å². The first-order chi connectivity index (χ1) is 8.24. The highest BCUT2D eigenvalue weighted by Crippen LogP contribution is 2.33. The van der Waals surface area contributed by atoms with Gasteiger partial charge in [0.15, 0.2) is 5.78 Å². The van der Waals surface area contributed by atoms with Crippen molar-refractivity contribution >= 4 is 21.7 Å². The molecule has 1 aromatic carbocycles. The lowest BCUT2D eigenvalue weighted by Gasteiger charge is -2.28. The van der Waals surface area contributed by atoms with E-state index in [-0.39, 0.29) is 18.0 Å². The van der Waals surface area contributed by atoms with E-state index in [9.17, 15) is 4.79 Å². The number of halogens is 1. The summed E-state index contributed by atoms with van der Waals surface area (Å²) in [6.45, 7) is 0.782. The summed E-state index contributed by atoms with van der Waals surface area (Å²) in [5.41, 5.74) is 0.683. The van der Waals surface area contributed by atoms with Crippen molar-refractivity contribution in [1.82, 2.24) is 0 Å². The van der Waals surface area contributed by atoms with Crippen LogP contribution in [0.15, 0.2) is 22.7 Å². The van der Waals surface area contributed by atoms with Crippen molar-refractivity contribution in [1.29, 1.82) is 0 Å². The minimum atomic E-state index is -0.119. The average Bonchev–Trinajstić information content (AvgIpc) is 2.81. The Balaban J connectivity index is 1.88. The molecule has 2 aliphatic rings. The number of ketones is 1. The topological polar surface area (TPSA) is 35.5 Å². The van der Waals surface area contributed by atoms with Crippen LogP contribution < -0.4 is 4.74 Å². The highest BCUT2D eigenvalue weighted by atomic mass is 79.9. The quantitative estimate of drug-likeness (QED) is 0.799. The molecule has 0 spiro atoms. The van der Waals surface area contributed by atoms with Gasteiger partial charge in [-0.25, -0.2) is 0 Å². The number of benzene rings is 1. The first-order valence-corrected chi connectivity index (χ1v) is 6.64. The molecule has 0 aromatic heterocycles. The second kappa shape index (κ2) is 4.42. The van der Waals surface area contributed by atoms with E-state index >= 15 is 0 Å². The van der Waals surface area contributed by atoms with Gasteiger partial charge < -0.3 is 9.47 Å². The number of carbonyl (C=O) groups excluding carboxylic acids is 1. The van der Waals surface area contributed by atoms with Crippen molar-refractivity contribution in [2.45, 2.75) is 31.5 Å². The Hall–Kier alpha value is -0.870. The highest BCUT2D eigenvalue weighted by Gasteiger charge is 2.34. The van der Waals surface area contributed by atoms with Crippen molar-refractivity contribution < 1.29 is 14.3 Å². The number of hydrogen-bond donors (Lipinski definition) is 0. The lowest BCUT2D eigenvalue weighted by Crippen LogP contribution is -2.36. The molecule has 3 nitrogen and oxygen atoms in total. The normalized spacial score (nSPS) is 27.7. The summed E-state index contributed by atoms with van der Waals surface area (Å²) < 4.78 is 12.4. The number of rotatable bonds is 1. The zero-order valence-electron chi connectivity index (χ0n) is 9.32. The minimum absolute atomic E-state index is 0.0751. The van der Waals surface area contributed by atoms with E-state index in [4.69, 9.17) is 9.47 Å². The summed E-state index contributed by atoms with van der Waals surface area (Å²) in [4.78, 5) is 12.0. The summed E-state index contributed by atoms with van der Waals surface area (Å²) in [5, 5.41) is 0. The maximum Gasteiger partial charge on any atom is 0.170 e. The minimum Gasteiger partial charge on any atom is -0.486 e. The molecule has 2 atom stereocenters. The van der Waals surface area contributed by atoms with Gasteiger partial charge in [-0.1, -0.05) is 15.9 Å². The number of ether oxygens (including phenoxy) is 2. The van der Waals surface area contributed by atoms with Crippen molar-refractivity contribution in [3.05, 3.63) is 28.2 Å². The molecule has 0 bridgehead atoms.